The number of fused-ring (bicyclic) bond motifs is 1. The van der Waals surface area contributed by atoms with Crippen LogP contribution in [-0.2, 0) is 30.4 Å². The lowest BCUT2D eigenvalue weighted by molar-refractivity contribution is -0.142. The Morgan fingerprint density at radius 3 is 2.41 bits per heavy atom. The summed E-state index contributed by atoms with van der Waals surface area (Å²) >= 11 is 0. The Labute approximate surface area is 212 Å². The predicted octanol–water partition coefficient (Wildman–Crippen LogP) is -1.74. The number of para-hydroxylation sites is 1. The molecule has 1 saturated heterocycles. The van der Waals surface area contributed by atoms with E-state index in [1.54, 1.807) is 12.3 Å². The van der Waals surface area contributed by atoms with Gasteiger partial charge < -0.3 is 42.2 Å². The molecule has 1 aromatic carbocycles. The molecule has 0 spiro atoms. The molecule has 2 heterocycles. The molecule has 1 aromatic heterocycles. The summed E-state index contributed by atoms with van der Waals surface area (Å²) in [6.07, 6.45) is 0.985. The number of carbonyl (C=O) groups is 5. The van der Waals surface area contributed by atoms with E-state index in [1.165, 1.54) is 6.92 Å². The number of primary amides is 1. The highest BCUT2D eigenvalue weighted by Gasteiger charge is 2.34. The monoisotopic (exact) mass is 516 g/mol. The summed E-state index contributed by atoms with van der Waals surface area (Å²) in [5.41, 5.74) is 6.70. The van der Waals surface area contributed by atoms with Gasteiger partial charge in [0.25, 0.3) is 0 Å². The van der Waals surface area contributed by atoms with Gasteiger partial charge in [-0.3, -0.25) is 19.2 Å². The van der Waals surface area contributed by atoms with Gasteiger partial charge in [0, 0.05) is 23.5 Å². The third-order valence-electron chi connectivity index (χ3n) is 6.19. The number of H-pyrrole nitrogens is 1. The van der Waals surface area contributed by atoms with Crippen molar-refractivity contribution >= 4 is 40.5 Å². The highest BCUT2D eigenvalue weighted by Crippen LogP contribution is 2.19. The van der Waals surface area contributed by atoms with Gasteiger partial charge in [-0.2, -0.15) is 0 Å². The number of hydrogen-bond acceptors (Lipinski definition) is 7. The number of nitrogens with one attached hydrogen (secondary N) is 5. The smallest absolute Gasteiger partial charge is 0.326 e. The summed E-state index contributed by atoms with van der Waals surface area (Å²) in [5.74, 6) is -4.60. The van der Waals surface area contributed by atoms with Gasteiger partial charge in [-0.05, 0) is 37.9 Å². The highest BCUT2D eigenvalue weighted by atomic mass is 16.4. The standard InChI is InChI=1S/C24H32N6O7/c1-12(31)20(30-21(33)16-7-4-8-26-16)23(35)28-17(10-19(25)32)22(34)29-18(24(36)37)9-13-11-27-15-6-3-2-5-14(13)15/h2-3,5-6,11-12,16-18,20,26-27,31H,4,7-10H2,1H3,(H2,25,32)(H,28,35)(H,29,34)(H,30,33)(H,36,37). The highest BCUT2D eigenvalue weighted by molar-refractivity contribution is 5.96. The number of aliphatic hydroxyl groups is 1. The largest absolute Gasteiger partial charge is 0.480 e. The fraction of sp³-hybridized carbons (Fsp3) is 0.458. The van der Waals surface area contributed by atoms with Crippen molar-refractivity contribution in [3.8, 4) is 0 Å². The molecule has 0 saturated carbocycles. The van der Waals surface area contributed by atoms with E-state index in [-0.39, 0.29) is 6.42 Å². The van der Waals surface area contributed by atoms with Crippen LogP contribution in [0.4, 0.5) is 0 Å². The van der Waals surface area contributed by atoms with Crippen LogP contribution in [0.25, 0.3) is 10.9 Å². The minimum absolute atomic E-state index is 0.0664. The van der Waals surface area contributed by atoms with Gasteiger partial charge in [-0.1, -0.05) is 18.2 Å². The minimum Gasteiger partial charge on any atom is -0.480 e. The van der Waals surface area contributed by atoms with Gasteiger partial charge in [0.15, 0.2) is 0 Å². The van der Waals surface area contributed by atoms with Gasteiger partial charge in [-0.25, -0.2) is 4.79 Å². The number of amides is 4. The van der Waals surface area contributed by atoms with Crippen LogP contribution in [0.3, 0.4) is 0 Å². The Balaban J connectivity index is 1.71. The normalized spacial score (nSPS) is 18.4. The molecule has 1 aliphatic heterocycles. The summed E-state index contributed by atoms with van der Waals surface area (Å²) in [6, 6.07) is 2.42. The van der Waals surface area contributed by atoms with Crippen molar-refractivity contribution in [2.45, 2.75) is 62.9 Å². The molecule has 0 bridgehead atoms. The number of hydrogen-bond donors (Lipinski definition) is 8. The first-order chi connectivity index (χ1) is 17.6. The molecule has 3 rings (SSSR count). The minimum atomic E-state index is -1.53. The van der Waals surface area contributed by atoms with Crippen molar-refractivity contribution in [3.63, 3.8) is 0 Å². The number of aliphatic hydroxyl groups excluding tert-OH is 1. The van der Waals surface area contributed by atoms with Crippen LogP contribution in [0.2, 0.25) is 0 Å². The summed E-state index contributed by atoms with van der Waals surface area (Å²) in [5, 5.41) is 30.7. The van der Waals surface area contributed by atoms with Crippen molar-refractivity contribution in [1.82, 2.24) is 26.3 Å². The van der Waals surface area contributed by atoms with Gasteiger partial charge in [0.05, 0.1) is 18.6 Å². The van der Waals surface area contributed by atoms with Crippen molar-refractivity contribution in [3.05, 3.63) is 36.0 Å². The Morgan fingerprint density at radius 1 is 1.08 bits per heavy atom. The lowest BCUT2D eigenvalue weighted by atomic mass is 10.0. The third kappa shape index (κ3) is 7.27. The fourth-order valence-corrected chi connectivity index (χ4v) is 4.23. The number of rotatable bonds is 12. The summed E-state index contributed by atoms with van der Waals surface area (Å²) in [7, 11) is 0. The Kier molecular flexibility index (Phi) is 9.20. The van der Waals surface area contributed by atoms with E-state index in [9.17, 15) is 34.2 Å². The maximum absolute atomic E-state index is 13.0. The number of carboxylic acids is 1. The molecule has 5 atom stereocenters. The summed E-state index contributed by atoms with van der Waals surface area (Å²) < 4.78 is 0. The maximum Gasteiger partial charge on any atom is 0.326 e. The van der Waals surface area contributed by atoms with Crippen molar-refractivity contribution < 1.29 is 34.2 Å². The number of carbonyl (C=O) groups excluding carboxylic acids is 4. The van der Waals surface area contributed by atoms with Gasteiger partial charge in [-0.15, -0.1) is 0 Å². The molecule has 2 aromatic rings. The van der Waals surface area contributed by atoms with Gasteiger partial charge >= 0.3 is 5.97 Å². The molecule has 0 aliphatic carbocycles. The zero-order valence-corrected chi connectivity index (χ0v) is 20.3. The Morgan fingerprint density at radius 2 is 1.78 bits per heavy atom. The fourth-order valence-electron chi connectivity index (χ4n) is 4.23. The molecule has 1 fully saturated rings. The maximum atomic E-state index is 13.0. The molecule has 13 nitrogen and oxygen atoms in total. The first kappa shape index (κ1) is 27.6. The number of nitrogens with two attached hydrogens (primary N) is 1. The van der Waals surface area contributed by atoms with Crippen LogP contribution < -0.4 is 27.0 Å². The molecule has 13 heteroatoms. The van der Waals surface area contributed by atoms with Crippen LogP contribution in [0.5, 0.6) is 0 Å². The average Bonchev–Trinajstić information content (AvgIpc) is 3.51. The number of aromatic nitrogens is 1. The van der Waals surface area contributed by atoms with Gasteiger partial charge in [0.2, 0.25) is 23.6 Å². The molecule has 5 unspecified atom stereocenters. The number of aromatic amines is 1. The average molecular weight is 517 g/mol. The molecule has 9 N–H and O–H groups in total. The molecule has 0 radical (unpaired) electrons. The van der Waals surface area contributed by atoms with Crippen LogP contribution in [0, 0.1) is 0 Å². The Bertz CT molecular complexity index is 1160. The van der Waals surface area contributed by atoms with Crippen LogP contribution >= 0.6 is 0 Å². The molecule has 200 valence electrons. The van der Waals surface area contributed by atoms with Crippen LogP contribution in [-0.4, -0.2) is 81.6 Å². The second kappa shape index (κ2) is 12.3. The van der Waals surface area contributed by atoms with Crippen molar-refractivity contribution in [1.29, 1.82) is 0 Å². The molecule has 1 aliphatic rings. The second-order valence-electron chi connectivity index (χ2n) is 9.07. The quantitative estimate of drug-likeness (QED) is 0.162. The number of benzene rings is 1. The van der Waals surface area contributed by atoms with E-state index in [4.69, 9.17) is 5.73 Å². The second-order valence-corrected chi connectivity index (χ2v) is 9.07. The zero-order chi connectivity index (χ0) is 27.1. The van der Waals surface area contributed by atoms with Crippen molar-refractivity contribution in [2.24, 2.45) is 5.73 Å². The van der Waals surface area contributed by atoms with E-state index in [0.717, 1.165) is 17.3 Å². The molecular formula is C24H32N6O7. The van der Waals surface area contributed by atoms with E-state index >= 15 is 0 Å². The van der Waals surface area contributed by atoms with E-state index in [0.29, 0.717) is 18.5 Å². The zero-order valence-electron chi connectivity index (χ0n) is 20.3. The molecule has 4 amide bonds. The van der Waals surface area contributed by atoms with E-state index in [2.05, 4.69) is 26.3 Å². The topological polar surface area (TPSA) is 216 Å². The lowest BCUT2D eigenvalue weighted by Crippen LogP contribution is -2.60. The summed E-state index contributed by atoms with van der Waals surface area (Å²) in [4.78, 5) is 64.9. The van der Waals surface area contributed by atoms with Crippen LogP contribution in [0.15, 0.2) is 30.5 Å². The van der Waals surface area contributed by atoms with Gasteiger partial charge in [0.1, 0.15) is 18.1 Å². The molecule has 37 heavy (non-hydrogen) atoms. The predicted molar refractivity (Wildman–Crippen MR) is 132 cm³/mol. The lowest BCUT2D eigenvalue weighted by Gasteiger charge is -2.26. The van der Waals surface area contributed by atoms with Crippen LogP contribution in [0.1, 0.15) is 31.7 Å². The number of carboxylic acid groups (broad SMARTS) is 1. The summed E-state index contributed by atoms with van der Waals surface area (Å²) in [6.45, 7) is 1.94. The first-order valence-electron chi connectivity index (χ1n) is 12.0. The molecular weight excluding hydrogens is 484 g/mol. The first-order valence-corrected chi connectivity index (χ1v) is 12.0. The SMILES string of the molecule is CC(O)C(NC(=O)C1CCCN1)C(=O)NC(CC(N)=O)C(=O)NC(Cc1c[nH]c2ccccc12)C(=O)O. The number of aliphatic carboxylic acids is 1. The Hall–Kier alpha value is -3.97. The third-order valence-corrected chi connectivity index (χ3v) is 6.19. The van der Waals surface area contributed by atoms with Crippen molar-refractivity contribution in [2.75, 3.05) is 6.54 Å². The van der Waals surface area contributed by atoms with E-state index in [1.807, 2.05) is 18.2 Å². The van der Waals surface area contributed by atoms with E-state index < -0.39 is 66.3 Å².